The summed E-state index contributed by atoms with van der Waals surface area (Å²) in [6.45, 7) is 4.51. The maximum Gasteiger partial charge on any atom is 0.345 e. The molecule has 0 aliphatic carbocycles. The van der Waals surface area contributed by atoms with Gasteiger partial charge in [0.1, 0.15) is 11.5 Å². The Morgan fingerprint density at radius 3 is 1.39 bits per heavy atom. The van der Waals surface area contributed by atoms with Crippen LogP contribution >= 0.6 is 17.9 Å². The zero-order chi connectivity index (χ0) is 23.8. The summed E-state index contributed by atoms with van der Waals surface area (Å²) in [7, 11) is 0. The third-order valence-electron chi connectivity index (χ3n) is 5.97. The van der Waals surface area contributed by atoms with Crippen molar-refractivity contribution in [3.05, 3.63) is 59.7 Å². The van der Waals surface area contributed by atoms with E-state index in [4.69, 9.17) is 20.9 Å². The van der Waals surface area contributed by atoms with Crippen molar-refractivity contribution in [1.82, 2.24) is 0 Å². The van der Waals surface area contributed by atoms with Gasteiger partial charge in [0.15, 0.2) is 0 Å². The molecule has 2 rings (SSSR count). The van der Waals surface area contributed by atoms with Gasteiger partial charge in [-0.3, -0.25) is 0 Å². The molecule has 0 bridgehead atoms. The number of hydrogen-bond donors (Lipinski definition) is 1. The van der Waals surface area contributed by atoms with Crippen molar-refractivity contribution in [2.75, 3.05) is 0 Å². The van der Waals surface area contributed by atoms with Crippen molar-refractivity contribution in [2.45, 2.75) is 104 Å². The molecule has 2 nitrogen and oxygen atoms in total. The van der Waals surface area contributed by atoms with Gasteiger partial charge in [0.05, 0.1) is 0 Å². The average Bonchev–Trinajstić information content (AvgIpc) is 2.80. The van der Waals surface area contributed by atoms with Gasteiger partial charge in [-0.25, -0.2) is 0 Å². The van der Waals surface area contributed by atoms with Crippen LogP contribution in [0.5, 0.6) is 11.5 Å². The Hall–Kier alpha value is -0.960. The van der Waals surface area contributed by atoms with E-state index in [0.717, 1.165) is 24.3 Å². The van der Waals surface area contributed by atoms with Gasteiger partial charge < -0.3 is 9.05 Å². The molecule has 0 aromatic heterocycles. The average molecular weight is 507 g/mol. The summed E-state index contributed by atoms with van der Waals surface area (Å²) in [5.74, 6) is 1.63. The molecular weight excluding hydrogens is 463 g/mol. The minimum absolute atomic E-state index is 0.817. The number of aryl methyl sites for hydroxylation is 2. The molecule has 0 spiro atoms. The van der Waals surface area contributed by atoms with E-state index < -0.39 is 5.69 Å². The first-order valence-electron chi connectivity index (χ1n) is 12.9. The molecule has 0 fully saturated rings. The first-order valence-corrected chi connectivity index (χ1v) is 16.7. The van der Waals surface area contributed by atoms with E-state index in [-0.39, 0.29) is 0 Å². The minimum Gasteiger partial charge on any atom is -0.428 e. The maximum atomic E-state index is 6.23. The van der Waals surface area contributed by atoms with E-state index in [1.54, 1.807) is 0 Å². The van der Waals surface area contributed by atoms with Crippen LogP contribution in [0.15, 0.2) is 48.5 Å². The van der Waals surface area contributed by atoms with Crippen LogP contribution in [0.3, 0.4) is 0 Å². The van der Waals surface area contributed by atoms with E-state index in [1.807, 2.05) is 24.3 Å². The fourth-order valence-corrected chi connectivity index (χ4v) is 5.96. The topological polar surface area (TPSA) is 18.5 Å². The van der Waals surface area contributed by atoms with Crippen LogP contribution in [0.1, 0.15) is 102 Å². The van der Waals surface area contributed by atoms with Gasteiger partial charge in [-0.2, -0.15) is 0 Å². The summed E-state index contributed by atoms with van der Waals surface area (Å²) in [6.07, 6.45) is 17.4. The molecule has 2 aromatic rings. The summed E-state index contributed by atoms with van der Waals surface area (Å²) in [5.41, 5.74) is -0.381. The van der Waals surface area contributed by atoms with Crippen LogP contribution < -0.4 is 9.05 Å². The number of thiol groups is 1. The molecule has 0 aliphatic rings. The molecule has 33 heavy (non-hydrogen) atoms. The zero-order valence-corrected chi connectivity index (χ0v) is 23.2. The Kier molecular flexibility index (Phi) is 14.3. The maximum absolute atomic E-state index is 6.23. The predicted octanol–water partition coefficient (Wildman–Crippen LogP) is 10.1. The lowest BCUT2D eigenvalue weighted by Gasteiger charge is -2.22. The smallest absolute Gasteiger partial charge is 0.345 e. The lowest BCUT2D eigenvalue weighted by molar-refractivity contribution is 0.496. The summed E-state index contributed by atoms with van der Waals surface area (Å²) in [5, 5.41) is 0. The second kappa shape index (κ2) is 16.6. The molecule has 0 radical (unpaired) electrons. The van der Waals surface area contributed by atoms with Crippen molar-refractivity contribution in [3.8, 4) is 11.5 Å². The third kappa shape index (κ3) is 11.8. The number of rotatable bonds is 18. The molecule has 184 valence electrons. The van der Waals surface area contributed by atoms with Crippen LogP contribution in [-0.2, 0) is 24.6 Å². The normalized spacial score (nSPS) is 11.5. The first-order chi connectivity index (χ1) is 16.1. The van der Waals surface area contributed by atoms with Gasteiger partial charge in [-0.05, 0) is 60.7 Å². The van der Waals surface area contributed by atoms with Gasteiger partial charge in [0.2, 0.25) is 0 Å². The van der Waals surface area contributed by atoms with Crippen molar-refractivity contribution in [3.63, 3.8) is 0 Å². The van der Waals surface area contributed by atoms with Crippen molar-refractivity contribution < 1.29 is 9.05 Å². The highest BCUT2D eigenvalue weighted by Gasteiger charge is 2.20. The second-order valence-electron chi connectivity index (χ2n) is 8.90. The van der Waals surface area contributed by atoms with Crippen LogP contribution in [0.4, 0.5) is 0 Å². The van der Waals surface area contributed by atoms with Crippen molar-refractivity contribution in [2.24, 2.45) is 0 Å². The highest BCUT2D eigenvalue weighted by Crippen LogP contribution is 2.54. The van der Waals surface area contributed by atoms with Crippen LogP contribution in [-0.4, -0.2) is 0 Å². The SMILES string of the molecule is CCCCCCCCc1ccccc1OP(=S)(S)Oc1ccccc1CCCCCCCC. The molecule has 0 unspecified atom stereocenters. The number of benzene rings is 2. The molecule has 0 saturated heterocycles. The van der Waals surface area contributed by atoms with Gasteiger partial charge in [0.25, 0.3) is 0 Å². The Bertz CT molecular complexity index is 775. The fourth-order valence-electron chi connectivity index (χ4n) is 4.06. The van der Waals surface area contributed by atoms with Crippen LogP contribution in [0.2, 0.25) is 0 Å². The lowest BCUT2D eigenvalue weighted by atomic mass is 10.0. The molecular formula is C28H43O2PS2. The minimum atomic E-state index is -2.77. The Balaban J connectivity index is 1.92. The zero-order valence-electron chi connectivity index (χ0n) is 20.6. The summed E-state index contributed by atoms with van der Waals surface area (Å²) in [4.78, 5) is 0. The van der Waals surface area contributed by atoms with E-state index in [0.29, 0.717) is 0 Å². The van der Waals surface area contributed by atoms with Gasteiger partial charge in [0, 0.05) is 0 Å². The molecule has 0 atom stereocenters. The molecule has 5 heteroatoms. The first kappa shape index (κ1) is 28.3. The molecule has 2 aromatic carbocycles. The number of unbranched alkanes of at least 4 members (excludes halogenated alkanes) is 10. The highest BCUT2D eigenvalue weighted by molar-refractivity contribution is 8.60. The lowest BCUT2D eigenvalue weighted by Crippen LogP contribution is -2.00. The predicted molar refractivity (Wildman–Crippen MR) is 152 cm³/mol. The van der Waals surface area contributed by atoms with Gasteiger partial charge >= 0.3 is 5.69 Å². The van der Waals surface area contributed by atoms with Crippen molar-refractivity contribution >= 4 is 29.7 Å². The summed E-state index contributed by atoms with van der Waals surface area (Å²) in [6, 6.07) is 16.4. The molecule has 0 saturated carbocycles. The molecule has 0 N–H and O–H groups in total. The Morgan fingerprint density at radius 1 is 0.606 bits per heavy atom. The Labute approximate surface area is 213 Å². The fraction of sp³-hybridized carbons (Fsp3) is 0.571. The quantitative estimate of drug-likeness (QED) is 0.123. The van der Waals surface area contributed by atoms with Crippen molar-refractivity contribution in [1.29, 1.82) is 0 Å². The number of hydrogen-bond acceptors (Lipinski definition) is 3. The second-order valence-corrected chi connectivity index (χ2v) is 14.0. The summed E-state index contributed by atoms with van der Waals surface area (Å²) < 4.78 is 12.5. The number of para-hydroxylation sites is 2. The van der Waals surface area contributed by atoms with E-state index in [2.05, 4.69) is 50.4 Å². The van der Waals surface area contributed by atoms with Crippen LogP contribution in [0, 0.1) is 0 Å². The van der Waals surface area contributed by atoms with Gasteiger partial charge in [-0.1, -0.05) is 127 Å². The summed E-state index contributed by atoms with van der Waals surface area (Å²) >= 11 is 10.4. The molecule has 0 amide bonds. The van der Waals surface area contributed by atoms with E-state index in [1.165, 1.54) is 88.2 Å². The van der Waals surface area contributed by atoms with Crippen LogP contribution in [0.25, 0.3) is 0 Å². The third-order valence-corrected chi connectivity index (χ3v) is 7.76. The standard InChI is InChI=1S/C28H43O2PS2/c1-3-5-7-9-11-13-19-25-21-15-17-23-27(25)29-31(32,33)30-28-24-18-16-22-26(28)20-14-12-10-8-6-4-2/h15-18,21-24H,3-14,19-20H2,1-2H3,(H,32,33). The molecule has 0 heterocycles. The monoisotopic (exact) mass is 506 g/mol. The van der Waals surface area contributed by atoms with E-state index in [9.17, 15) is 0 Å². The van der Waals surface area contributed by atoms with Gasteiger partial charge in [-0.15, -0.1) is 0 Å². The Morgan fingerprint density at radius 2 is 0.970 bits per heavy atom. The highest BCUT2D eigenvalue weighted by atomic mass is 32.9. The molecule has 0 aliphatic heterocycles. The largest absolute Gasteiger partial charge is 0.428 e. The van der Waals surface area contributed by atoms with E-state index >= 15 is 0 Å².